The molecule has 0 spiro atoms. The average Bonchev–Trinajstić information content (AvgIpc) is 3.39. The number of carboxylic acids is 1. The van der Waals surface area contributed by atoms with E-state index in [1.807, 2.05) is 42.5 Å². The molecular weight excluding hydrogens is 547 g/mol. The summed E-state index contributed by atoms with van der Waals surface area (Å²) in [6.07, 6.45) is 2.53. The molecule has 3 heterocycles. The summed E-state index contributed by atoms with van der Waals surface area (Å²) in [5.41, 5.74) is 1.14. The van der Waals surface area contributed by atoms with E-state index >= 15 is 4.39 Å². The molecular formula is C34H43FN4O4. The molecule has 1 amide bonds. The van der Waals surface area contributed by atoms with Gasteiger partial charge in [0.05, 0.1) is 24.7 Å². The minimum Gasteiger partial charge on any atom is -0.497 e. The van der Waals surface area contributed by atoms with Gasteiger partial charge in [-0.25, -0.2) is 4.39 Å². The van der Waals surface area contributed by atoms with Crippen LogP contribution < -0.4 is 9.64 Å². The zero-order valence-electron chi connectivity index (χ0n) is 25.7. The minimum absolute atomic E-state index is 0.0536. The van der Waals surface area contributed by atoms with Gasteiger partial charge in [-0.3, -0.25) is 14.5 Å². The number of piperidine rings is 2. The zero-order chi connectivity index (χ0) is 30.9. The number of ether oxygens (including phenoxy) is 1. The van der Waals surface area contributed by atoms with Crippen molar-refractivity contribution < 1.29 is 23.8 Å². The number of alkyl halides is 1. The summed E-state index contributed by atoms with van der Waals surface area (Å²) in [4.78, 5) is 31.5. The van der Waals surface area contributed by atoms with Crippen molar-refractivity contribution >= 4 is 17.6 Å². The highest BCUT2D eigenvalue weighted by Crippen LogP contribution is 2.45. The molecule has 0 unspecified atom stereocenters. The Bertz CT molecular complexity index is 1370. The molecule has 5 rings (SSSR count). The zero-order valence-corrected chi connectivity index (χ0v) is 25.7. The molecule has 2 aromatic carbocycles. The van der Waals surface area contributed by atoms with E-state index in [0.717, 1.165) is 16.8 Å². The first-order chi connectivity index (χ1) is 20.4. The second-order valence-electron chi connectivity index (χ2n) is 13.3. The second-order valence-corrected chi connectivity index (χ2v) is 13.3. The van der Waals surface area contributed by atoms with Crippen LogP contribution in [0.1, 0.15) is 75.0 Å². The summed E-state index contributed by atoms with van der Waals surface area (Å²) in [5.74, 6) is -1.26. The Labute approximate surface area is 254 Å². The largest absolute Gasteiger partial charge is 0.497 e. The third-order valence-corrected chi connectivity index (χ3v) is 9.77. The Balaban J connectivity index is 1.33. The minimum atomic E-state index is -2.04. The predicted octanol–water partition coefficient (Wildman–Crippen LogP) is 5.18. The number of benzene rings is 2. The third kappa shape index (κ3) is 6.21. The van der Waals surface area contributed by atoms with E-state index in [-0.39, 0.29) is 23.9 Å². The number of carbonyl (C=O) groups is 2. The number of aliphatic carboxylic acids is 1. The van der Waals surface area contributed by atoms with Gasteiger partial charge >= 0.3 is 5.97 Å². The predicted molar refractivity (Wildman–Crippen MR) is 163 cm³/mol. The molecule has 2 aromatic rings. The van der Waals surface area contributed by atoms with E-state index < -0.39 is 23.5 Å². The first kappa shape index (κ1) is 30.8. The lowest BCUT2D eigenvalue weighted by atomic mass is 9.83. The van der Waals surface area contributed by atoms with Crippen LogP contribution in [0.5, 0.6) is 5.75 Å². The fraction of sp³-hybridized carbons (Fsp3) is 0.559. The monoisotopic (exact) mass is 590 g/mol. The summed E-state index contributed by atoms with van der Waals surface area (Å²) in [5, 5.41) is 19.0. The molecule has 8 nitrogen and oxygen atoms in total. The molecule has 0 aromatic heterocycles. The smallest absolute Gasteiger partial charge is 0.306 e. The van der Waals surface area contributed by atoms with Gasteiger partial charge in [-0.15, -0.1) is 0 Å². The Morgan fingerprint density at radius 2 is 1.67 bits per heavy atom. The summed E-state index contributed by atoms with van der Waals surface area (Å²) in [7, 11) is 1.60. The number of anilines is 1. The van der Waals surface area contributed by atoms with Crippen molar-refractivity contribution in [3.05, 3.63) is 59.2 Å². The van der Waals surface area contributed by atoms with Crippen LogP contribution >= 0.6 is 0 Å². The summed E-state index contributed by atoms with van der Waals surface area (Å²) in [6, 6.07) is 15.4. The number of amides is 1. The van der Waals surface area contributed by atoms with Crippen LogP contribution in [-0.2, 0) is 9.59 Å². The number of halogens is 1. The molecule has 0 saturated carbocycles. The molecule has 1 N–H and O–H groups in total. The third-order valence-electron chi connectivity index (χ3n) is 9.77. The van der Waals surface area contributed by atoms with E-state index in [2.05, 4.69) is 36.6 Å². The van der Waals surface area contributed by atoms with Crippen LogP contribution in [0.3, 0.4) is 0 Å². The Morgan fingerprint density at radius 3 is 2.23 bits per heavy atom. The number of hydrogen-bond acceptors (Lipinski definition) is 6. The summed E-state index contributed by atoms with van der Waals surface area (Å²) in [6.45, 7) is 8.84. The lowest BCUT2D eigenvalue weighted by molar-refractivity contribution is -0.145. The molecule has 43 heavy (non-hydrogen) atoms. The second kappa shape index (κ2) is 12.2. The van der Waals surface area contributed by atoms with Gasteiger partial charge in [0.25, 0.3) is 5.91 Å². The Kier molecular flexibility index (Phi) is 8.71. The lowest BCUT2D eigenvalue weighted by Gasteiger charge is -2.39. The number of nitrogens with zero attached hydrogens (tertiary/aromatic N) is 4. The van der Waals surface area contributed by atoms with Crippen LogP contribution in [0.15, 0.2) is 42.5 Å². The Morgan fingerprint density at radius 1 is 1.02 bits per heavy atom. The summed E-state index contributed by atoms with van der Waals surface area (Å²) < 4.78 is 22.5. The maximum atomic E-state index is 17.2. The van der Waals surface area contributed by atoms with Gasteiger partial charge in [-0.1, -0.05) is 18.2 Å². The highest BCUT2D eigenvalue weighted by molar-refractivity contribution is 5.87. The quantitative estimate of drug-likeness (QED) is 0.495. The number of carboxylic acid groups (broad SMARTS) is 1. The van der Waals surface area contributed by atoms with Crippen molar-refractivity contribution in [3.8, 4) is 11.8 Å². The number of hydrogen-bond donors (Lipinski definition) is 1. The fourth-order valence-electron chi connectivity index (χ4n) is 7.01. The summed E-state index contributed by atoms with van der Waals surface area (Å²) >= 11 is 0. The van der Waals surface area contributed by atoms with Crippen molar-refractivity contribution in [2.24, 2.45) is 5.92 Å². The van der Waals surface area contributed by atoms with Crippen LogP contribution in [0, 0.1) is 17.2 Å². The van der Waals surface area contributed by atoms with Crippen molar-refractivity contribution in [1.82, 2.24) is 9.80 Å². The van der Waals surface area contributed by atoms with Gasteiger partial charge in [-0.05, 0) is 87.8 Å². The van der Waals surface area contributed by atoms with E-state index in [9.17, 15) is 20.0 Å². The van der Waals surface area contributed by atoms with E-state index in [0.29, 0.717) is 69.7 Å². The maximum Gasteiger partial charge on any atom is 0.306 e. The number of likely N-dealkylation sites (tertiary alicyclic amines) is 2. The number of rotatable bonds is 6. The lowest BCUT2D eigenvalue weighted by Crippen LogP contribution is -2.53. The molecule has 9 heteroatoms. The van der Waals surface area contributed by atoms with Crippen LogP contribution in [0.4, 0.5) is 10.1 Å². The highest BCUT2D eigenvalue weighted by atomic mass is 19.1. The molecule has 0 aliphatic carbocycles. The molecule has 3 fully saturated rings. The van der Waals surface area contributed by atoms with Gasteiger partial charge < -0.3 is 19.6 Å². The fourth-order valence-corrected chi connectivity index (χ4v) is 7.01. The van der Waals surface area contributed by atoms with Gasteiger partial charge in [0.15, 0.2) is 0 Å². The van der Waals surface area contributed by atoms with Crippen LogP contribution in [-0.4, -0.2) is 84.4 Å². The molecule has 2 atom stereocenters. The van der Waals surface area contributed by atoms with Crippen LogP contribution in [0.2, 0.25) is 0 Å². The first-order valence-corrected chi connectivity index (χ1v) is 15.3. The average molecular weight is 591 g/mol. The number of nitriles is 1. The Hall–Kier alpha value is -3.64. The van der Waals surface area contributed by atoms with Crippen molar-refractivity contribution in [2.45, 2.75) is 69.5 Å². The van der Waals surface area contributed by atoms with Gasteiger partial charge in [-0.2, -0.15) is 5.26 Å². The molecule has 230 valence electrons. The number of methoxy groups -OCH3 is 1. The van der Waals surface area contributed by atoms with Gasteiger partial charge in [0.2, 0.25) is 5.67 Å². The van der Waals surface area contributed by atoms with E-state index in [1.165, 1.54) is 0 Å². The van der Waals surface area contributed by atoms with E-state index in [4.69, 9.17) is 4.74 Å². The normalized spacial score (nSPS) is 24.1. The van der Waals surface area contributed by atoms with Gasteiger partial charge in [0.1, 0.15) is 5.75 Å². The molecule has 3 saturated heterocycles. The van der Waals surface area contributed by atoms with Gasteiger partial charge in [0, 0.05) is 56.4 Å². The molecule has 0 radical (unpaired) electrons. The number of carbonyl (C=O) groups excluding carboxylic acids is 1. The van der Waals surface area contributed by atoms with Crippen molar-refractivity contribution in [1.29, 1.82) is 5.26 Å². The van der Waals surface area contributed by atoms with E-state index in [1.54, 1.807) is 12.0 Å². The first-order valence-electron chi connectivity index (χ1n) is 15.3. The molecule has 0 bridgehead atoms. The maximum absolute atomic E-state index is 17.2. The molecule has 3 aliphatic rings. The van der Waals surface area contributed by atoms with Crippen molar-refractivity contribution in [2.75, 3.05) is 51.3 Å². The highest BCUT2D eigenvalue weighted by Gasteiger charge is 2.57. The standard InChI is InChI=1S/C34H43FN4O4/c1-33(2,3)39-21-29(25-6-8-27(43-4)9-7-25)34(35,22-39)32(42)38-17-11-24(12-18-38)28-10-5-23(20-36)19-30(28)37-15-13-26(14-16-37)31(40)41/h5-10,19,24,26,29H,11-18,21-22H2,1-4H3,(H,40,41)/t29-,34-/m0/s1. The topological polar surface area (TPSA) is 97.1 Å². The SMILES string of the molecule is COc1ccc([C@@H]2CN(C(C)(C)C)C[C@@]2(F)C(=O)N2CCC(c3ccc(C#N)cc3N3CCC(C(=O)O)CC3)CC2)cc1. The molecule has 3 aliphatic heterocycles. The van der Waals surface area contributed by atoms with Crippen molar-refractivity contribution in [3.63, 3.8) is 0 Å². The van der Waals surface area contributed by atoms with Crippen LogP contribution in [0.25, 0.3) is 0 Å².